The van der Waals surface area contributed by atoms with Crippen LogP contribution in [-0.4, -0.2) is 19.9 Å². The lowest BCUT2D eigenvalue weighted by atomic mass is 10.3. The van der Waals surface area contributed by atoms with Crippen LogP contribution in [0, 0.1) is 0 Å². The molecule has 0 radical (unpaired) electrons. The van der Waals surface area contributed by atoms with Crippen molar-refractivity contribution in [1.29, 1.82) is 0 Å². The fraction of sp³-hybridized carbons (Fsp3) is 0. The predicted molar refractivity (Wildman–Crippen MR) is 130 cm³/mol. The number of hydrogen-bond acceptors (Lipinski definition) is 2. The monoisotopic (exact) mass is 622 g/mol. The zero-order valence-corrected chi connectivity index (χ0v) is 20.4. The Kier molecular flexibility index (Phi) is 4.70. The number of hydrogen-bond donors (Lipinski definition) is 2. The van der Waals surface area contributed by atoms with Crippen molar-refractivity contribution in [2.75, 3.05) is 0 Å². The van der Waals surface area contributed by atoms with E-state index in [1.807, 2.05) is 48.6 Å². The average Bonchev–Trinajstić information content (AvgIpc) is 3.49. The molecule has 0 spiro atoms. The highest BCUT2D eigenvalue weighted by Crippen LogP contribution is 2.32. The summed E-state index contributed by atoms with van der Waals surface area (Å²) in [7, 11) is 0. The zero-order chi connectivity index (χ0) is 19.4. The Bertz CT molecular complexity index is 1160. The molecule has 4 nitrogen and oxygen atoms in total. The average molecular weight is 626 g/mol. The highest BCUT2D eigenvalue weighted by atomic mass is 79.9. The van der Waals surface area contributed by atoms with E-state index in [-0.39, 0.29) is 0 Å². The van der Waals surface area contributed by atoms with Gasteiger partial charge in [0.05, 0.1) is 62.7 Å². The summed E-state index contributed by atoms with van der Waals surface area (Å²) in [6, 6.07) is 8.09. The summed E-state index contributed by atoms with van der Waals surface area (Å²) in [5.74, 6) is 0. The lowest BCUT2D eigenvalue weighted by Gasteiger charge is -1.95. The summed E-state index contributed by atoms with van der Waals surface area (Å²) >= 11 is 14.7. The van der Waals surface area contributed by atoms with E-state index < -0.39 is 0 Å². The summed E-state index contributed by atoms with van der Waals surface area (Å²) in [4.78, 5) is 16.4. The van der Waals surface area contributed by atoms with Gasteiger partial charge in [-0.3, -0.25) is 0 Å². The number of aromatic amines is 2. The molecule has 5 heterocycles. The fourth-order valence-electron chi connectivity index (χ4n) is 3.07. The van der Waals surface area contributed by atoms with Crippen LogP contribution < -0.4 is 0 Å². The van der Waals surface area contributed by atoms with Gasteiger partial charge >= 0.3 is 0 Å². The van der Waals surface area contributed by atoms with Crippen molar-refractivity contribution in [3.8, 4) is 0 Å². The Balaban J connectivity index is 1.97. The molecular weight excluding hydrogens is 616 g/mol. The van der Waals surface area contributed by atoms with Gasteiger partial charge in [-0.1, -0.05) is 0 Å². The second-order valence-electron chi connectivity index (χ2n) is 6.26. The van der Waals surface area contributed by atoms with Crippen LogP contribution in [0.25, 0.3) is 46.4 Å². The van der Waals surface area contributed by atoms with Crippen LogP contribution in [0.2, 0.25) is 0 Å². The first-order chi connectivity index (χ1) is 13.5. The molecule has 3 aromatic rings. The molecule has 2 aliphatic heterocycles. The van der Waals surface area contributed by atoms with Gasteiger partial charge in [-0.15, -0.1) is 0 Å². The van der Waals surface area contributed by atoms with E-state index in [1.54, 1.807) is 0 Å². The zero-order valence-electron chi connectivity index (χ0n) is 14.0. The van der Waals surface area contributed by atoms with E-state index in [9.17, 15) is 0 Å². The molecule has 28 heavy (non-hydrogen) atoms. The van der Waals surface area contributed by atoms with Crippen LogP contribution in [0.15, 0.2) is 42.2 Å². The molecule has 5 rings (SSSR count). The molecule has 138 valence electrons. The molecule has 0 fully saturated rings. The maximum absolute atomic E-state index is 4.76. The molecule has 2 N–H and O–H groups in total. The molecular formula is C20H10Br4N4. The Labute approximate surface area is 193 Å². The standard InChI is InChI=1S/C20H10Br4N4/c21-17-9-1-2-10(25-9)18(22)12-5-6-14(27-12)20(24)16-8-7-15(28-16)19(23)13-4-3-11(17)26-13/h1-8,25,28H. The normalized spacial score (nSPS) is 12.7. The van der Waals surface area contributed by atoms with Crippen molar-refractivity contribution in [2.24, 2.45) is 0 Å². The Morgan fingerprint density at radius 1 is 0.464 bits per heavy atom. The van der Waals surface area contributed by atoms with Gasteiger partial charge in [-0.05, 0) is 112 Å². The fourth-order valence-corrected chi connectivity index (χ4v) is 4.88. The minimum atomic E-state index is 0.858. The molecule has 0 amide bonds. The third-order valence-corrected chi connectivity index (χ3v) is 7.83. The summed E-state index contributed by atoms with van der Waals surface area (Å²) < 4.78 is 3.60. The SMILES string of the molecule is Brc1c2nc(c(Br)c3ccc([nH]3)c(Br)c3nc(c(Br)c4ccc1[nH]4)C=C3)C=C2. The summed E-state index contributed by atoms with van der Waals surface area (Å²) in [5, 5.41) is 0. The Morgan fingerprint density at radius 3 is 0.964 bits per heavy atom. The maximum atomic E-state index is 4.76. The van der Waals surface area contributed by atoms with Crippen molar-refractivity contribution < 1.29 is 0 Å². The van der Waals surface area contributed by atoms with Gasteiger partial charge in [0, 0.05) is 0 Å². The molecule has 0 aliphatic carbocycles. The van der Waals surface area contributed by atoms with Gasteiger partial charge in [-0.2, -0.15) is 0 Å². The highest BCUT2D eigenvalue weighted by Gasteiger charge is 2.12. The van der Waals surface area contributed by atoms with E-state index in [4.69, 9.17) is 9.97 Å². The summed E-state index contributed by atoms with van der Waals surface area (Å²) in [6.45, 7) is 0. The van der Waals surface area contributed by atoms with Gasteiger partial charge in [0.2, 0.25) is 0 Å². The number of fused-ring (bicyclic) bond motifs is 8. The van der Waals surface area contributed by atoms with Gasteiger partial charge in [0.1, 0.15) is 0 Å². The van der Waals surface area contributed by atoms with Crippen LogP contribution in [0.4, 0.5) is 0 Å². The van der Waals surface area contributed by atoms with Gasteiger partial charge < -0.3 is 9.97 Å². The van der Waals surface area contributed by atoms with Crippen LogP contribution in [0.3, 0.4) is 0 Å². The number of rotatable bonds is 0. The van der Waals surface area contributed by atoms with E-state index >= 15 is 0 Å². The molecule has 0 unspecified atom stereocenters. The van der Waals surface area contributed by atoms with Gasteiger partial charge in [0.25, 0.3) is 0 Å². The van der Waals surface area contributed by atoms with Crippen molar-refractivity contribution >= 4 is 110 Å². The number of nitrogens with one attached hydrogen (secondary N) is 2. The van der Waals surface area contributed by atoms with Crippen LogP contribution >= 0.6 is 63.7 Å². The quantitative estimate of drug-likeness (QED) is 0.185. The molecule has 0 atom stereocenters. The van der Waals surface area contributed by atoms with E-state index in [1.165, 1.54) is 0 Å². The third kappa shape index (κ3) is 3.07. The first-order valence-electron chi connectivity index (χ1n) is 8.29. The lowest BCUT2D eigenvalue weighted by molar-refractivity contribution is 1.28. The second kappa shape index (κ2) is 7.09. The summed E-state index contributed by atoms with van der Waals surface area (Å²) in [6.07, 6.45) is 7.98. The summed E-state index contributed by atoms with van der Waals surface area (Å²) in [5.41, 5.74) is 7.22. The topological polar surface area (TPSA) is 57.4 Å². The van der Waals surface area contributed by atoms with Crippen molar-refractivity contribution in [3.63, 3.8) is 0 Å². The Hall–Kier alpha value is -1.48. The first kappa shape index (κ1) is 18.5. The molecule has 2 aliphatic rings. The van der Waals surface area contributed by atoms with E-state index in [0.29, 0.717) is 0 Å². The number of nitrogens with zero attached hydrogens (tertiary/aromatic N) is 2. The third-order valence-electron chi connectivity index (χ3n) is 4.50. The maximum Gasteiger partial charge on any atom is 0.0801 e. The second-order valence-corrected chi connectivity index (χ2v) is 9.43. The lowest BCUT2D eigenvalue weighted by Crippen LogP contribution is -1.81. The molecule has 0 aromatic carbocycles. The highest BCUT2D eigenvalue weighted by molar-refractivity contribution is 9.11. The number of H-pyrrole nitrogens is 2. The van der Waals surface area contributed by atoms with Crippen molar-refractivity contribution in [1.82, 2.24) is 19.9 Å². The van der Waals surface area contributed by atoms with Crippen LogP contribution in [0.5, 0.6) is 0 Å². The molecule has 3 aromatic heterocycles. The number of halogens is 4. The molecule has 0 saturated heterocycles. The minimum absolute atomic E-state index is 0.858. The minimum Gasteiger partial charge on any atom is -0.354 e. The van der Waals surface area contributed by atoms with Crippen LogP contribution in [0.1, 0.15) is 22.8 Å². The smallest absolute Gasteiger partial charge is 0.0801 e. The van der Waals surface area contributed by atoms with E-state index in [2.05, 4.69) is 73.7 Å². The molecule has 0 saturated carbocycles. The number of aromatic nitrogens is 4. The largest absolute Gasteiger partial charge is 0.354 e. The molecule has 8 heteroatoms. The Morgan fingerprint density at radius 2 is 0.714 bits per heavy atom. The van der Waals surface area contributed by atoms with Gasteiger partial charge in [-0.25, -0.2) is 9.97 Å². The van der Waals surface area contributed by atoms with Crippen molar-refractivity contribution in [2.45, 2.75) is 0 Å². The van der Waals surface area contributed by atoms with Crippen molar-refractivity contribution in [3.05, 3.63) is 64.9 Å². The van der Waals surface area contributed by atoms with Crippen LogP contribution in [-0.2, 0) is 0 Å². The predicted octanol–water partition coefficient (Wildman–Crippen LogP) is 7.71. The van der Waals surface area contributed by atoms with Gasteiger partial charge in [0.15, 0.2) is 0 Å². The van der Waals surface area contributed by atoms with E-state index in [0.717, 1.165) is 62.7 Å². The first-order valence-corrected chi connectivity index (χ1v) is 11.5. The molecule has 8 bridgehead atoms.